The van der Waals surface area contributed by atoms with Gasteiger partial charge in [-0.25, -0.2) is 4.79 Å². The van der Waals surface area contributed by atoms with Crippen molar-refractivity contribution in [2.45, 2.75) is 12.7 Å². The van der Waals surface area contributed by atoms with Crippen molar-refractivity contribution in [2.24, 2.45) is 0 Å². The molecule has 0 N–H and O–H groups in total. The van der Waals surface area contributed by atoms with Gasteiger partial charge in [0.05, 0.1) is 13.2 Å². The minimum atomic E-state index is -4.69. The Morgan fingerprint density at radius 2 is 1.69 bits per heavy atom. The van der Waals surface area contributed by atoms with Crippen LogP contribution < -0.4 is 0 Å². The van der Waals surface area contributed by atoms with E-state index < -0.39 is 12.1 Å². The molecule has 2 rings (SSSR count). The van der Waals surface area contributed by atoms with E-state index >= 15 is 0 Å². The SMILES string of the molecule is COCCN(CCOC)C(=O)N(C)Cc1ccc(-c2noc(C(F)(F)F)n2)cc1. The fourth-order valence-electron chi connectivity index (χ4n) is 2.50. The lowest BCUT2D eigenvalue weighted by Gasteiger charge is -2.28. The number of ether oxygens (including phenoxy) is 2. The Hall–Kier alpha value is -2.66. The number of rotatable bonds is 9. The zero-order valence-electron chi connectivity index (χ0n) is 16.4. The summed E-state index contributed by atoms with van der Waals surface area (Å²) < 4.78 is 52.0. The van der Waals surface area contributed by atoms with E-state index in [2.05, 4.69) is 14.7 Å². The fraction of sp³-hybridized carbons (Fsp3) is 0.500. The molecular formula is C18H23F3N4O4. The highest BCUT2D eigenvalue weighted by atomic mass is 19.4. The molecule has 0 fully saturated rings. The minimum Gasteiger partial charge on any atom is -0.383 e. The molecule has 0 bridgehead atoms. The summed E-state index contributed by atoms with van der Waals surface area (Å²) in [5.41, 5.74) is 1.17. The average molecular weight is 416 g/mol. The van der Waals surface area contributed by atoms with Gasteiger partial charge in [-0.3, -0.25) is 0 Å². The molecule has 11 heteroatoms. The van der Waals surface area contributed by atoms with Gasteiger partial charge in [0.25, 0.3) is 0 Å². The number of alkyl halides is 3. The van der Waals surface area contributed by atoms with Gasteiger partial charge in [-0.1, -0.05) is 29.4 Å². The van der Waals surface area contributed by atoms with Crippen molar-refractivity contribution in [1.82, 2.24) is 19.9 Å². The van der Waals surface area contributed by atoms with Gasteiger partial charge in [-0.15, -0.1) is 0 Å². The lowest BCUT2D eigenvalue weighted by atomic mass is 10.1. The summed E-state index contributed by atoms with van der Waals surface area (Å²) in [6.45, 7) is 1.99. The number of methoxy groups -OCH3 is 2. The van der Waals surface area contributed by atoms with Gasteiger partial charge >= 0.3 is 18.1 Å². The molecule has 1 heterocycles. The summed E-state index contributed by atoms with van der Waals surface area (Å²) in [5, 5.41) is 3.35. The summed E-state index contributed by atoms with van der Waals surface area (Å²) in [4.78, 5) is 19.2. The quantitative estimate of drug-likeness (QED) is 0.625. The first kappa shape index (κ1) is 22.6. The second-order valence-electron chi connectivity index (χ2n) is 6.23. The molecule has 29 heavy (non-hydrogen) atoms. The van der Waals surface area contributed by atoms with Crippen molar-refractivity contribution < 1.29 is 32.0 Å². The third-order valence-electron chi connectivity index (χ3n) is 4.03. The number of carbonyl (C=O) groups excluding carboxylic acids is 1. The summed E-state index contributed by atoms with van der Waals surface area (Å²) in [7, 11) is 4.79. The molecule has 1 aromatic carbocycles. The molecular weight excluding hydrogens is 393 g/mol. The zero-order valence-corrected chi connectivity index (χ0v) is 16.4. The molecule has 0 saturated heterocycles. The second-order valence-corrected chi connectivity index (χ2v) is 6.23. The molecule has 2 amide bonds. The Kier molecular flexibility index (Phi) is 7.97. The molecule has 0 aliphatic rings. The molecule has 0 unspecified atom stereocenters. The van der Waals surface area contributed by atoms with Crippen LogP contribution in [0.3, 0.4) is 0 Å². The Morgan fingerprint density at radius 3 is 2.17 bits per heavy atom. The molecule has 1 aromatic heterocycles. The van der Waals surface area contributed by atoms with Crippen LogP contribution in [0.1, 0.15) is 11.5 Å². The smallest absolute Gasteiger partial charge is 0.383 e. The van der Waals surface area contributed by atoms with E-state index in [-0.39, 0.29) is 11.9 Å². The normalized spacial score (nSPS) is 11.5. The van der Waals surface area contributed by atoms with Crippen molar-refractivity contribution >= 4 is 6.03 Å². The molecule has 2 aromatic rings. The molecule has 0 aliphatic heterocycles. The molecule has 8 nitrogen and oxygen atoms in total. The van der Waals surface area contributed by atoms with Gasteiger partial charge in [-0.05, 0) is 5.56 Å². The van der Waals surface area contributed by atoms with E-state index in [1.54, 1.807) is 50.4 Å². The van der Waals surface area contributed by atoms with Crippen LogP contribution >= 0.6 is 0 Å². The number of aromatic nitrogens is 2. The fourth-order valence-corrected chi connectivity index (χ4v) is 2.50. The molecule has 160 valence electrons. The maximum atomic E-state index is 12.6. The van der Waals surface area contributed by atoms with Crippen LogP contribution in [-0.4, -0.2) is 73.5 Å². The van der Waals surface area contributed by atoms with Crippen molar-refractivity contribution in [2.75, 3.05) is 47.6 Å². The van der Waals surface area contributed by atoms with E-state index in [1.807, 2.05) is 0 Å². The van der Waals surface area contributed by atoms with Crippen molar-refractivity contribution in [3.8, 4) is 11.4 Å². The number of urea groups is 1. The Balaban J connectivity index is 2.02. The van der Waals surface area contributed by atoms with E-state index in [0.29, 0.717) is 38.4 Å². The molecule has 0 spiro atoms. The van der Waals surface area contributed by atoms with Crippen molar-refractivity contribution in [3.05, 3.63) is 35.7 Å². The maximum absolute atomic E-state index is 12.6. The third kappa shape index (κ3) is 6.43. The number of amides is 2. The molecule has 0 saturated carbocycles. The van der Waals surface area contributed by atoms with Gasteiger partial charge in [0.15, 0.2) is 0 Å². The zero-order chi connectivity index (χ0) is 21.4. The number of hydrogen-bond donors (Lipinski definition) is 0. The van der Waals surface area contributed by atoms with Crippen molar-refractivity contribution in [3.63, 3.8) is 0 Å². The first-order valence-corrected chi connectivity index (χ1v) is 8.74. The van der Waals surface area contributed by atoms with Crippen LogP contribution in [0.2, 0.25) is 0 Å². The monoisotopic (exact) mass is 416 g/mol. The molecule has 0 atom stereocenters. The van der Waals surface area contributed by atoms with Gasteiger partial charge in [0.2, 0.25) is 5.82 Å². The lowest BCUT2D eigenvalue weighted by Crippen LogP contribution is -2.43. The predicted molar refractivity (Wildman–Crippen MR) is 96.9 cm³/mol. The second kappa shape index (κ2) is 10.2. The van der Waals surface area contributed by atoms with E-state index in [1.165, 1.54) is 4.90 Å². The Morgan fingerprint density at radius 1 is 1.10 bits per heavy atom. The summed E-state index contributed by atoms with van der Waals surface area (Å²) in [6.07, 6.45) is -4.69. The highest BCUT2D eigenvalue weighted by Gasteiger charge is 2.38. The number of nitrogens with zero attached hydrogens (tertiary/aromatic N) is 4. The average Bonchev–Trinajstić information content (AvgIpc) is 3.19. The van der Waals surface area contributed by atoms with Crippen LogP contribution in [-0.2, 0) is 22.2 Å². The predicted octanol–water partition coefficient (Wildman–Crippen LogP) is 2.90. The topological polar surface area (TPSA) is 80.9 Å². The standard InChI is InChI=1S/C18H23F3N4O4/c1-24(17(26)25(8-10-27-2)9-11-28-3)12-13-4-6-14(7-5-13)15-22-16(29-23-15)18(19,20)21/h4-7H,8-12H2,1-3H3. The lowest BCUT2D eigenvalue weighted by molar-refractivity contribution is -0.159. The number of carbonyl (C=O) groups is 1. The Labute approximate surface area is 166 Å². The summed E-state index contributed by atoms with van der Waals surface area (Å²) >= 11 is 0. The first-order valence-electron chi connectivity index (χ1n) is 8.74. The van der Waals surface area contributed by atoms with Crippen LogP contribution in [0.4, 0.5) is 18.0 Å². The maximum Gasteiger partial charge on any atom is 0.471 e. The van der Waals surface area contributed by atoms with E-state index in [9.17, 15) is 18.0 Å². The highest BCUT2D eigenvalue weighted by molar-refractivity contribution is 5.74. The van der Waals surface area contributed by atoms with Crippen LogP contribution in [0.15, 0.2) is 28.8 Å². The first-order chi connectivity index (χ1) is 13.8. The van der Waals surface area contributed by atoms with Crippen LogP contribution in [0.5, 0.6) is 0 Å². The number of hydrogen-bond acceptors (Lipinski definition) is 6. The summed E-state index contributed by atoms with van der Waals surface area (Å²) in [5.74, 6) is -1.55. The third-order valence-corrected chi connectivity index (χ3v) is 4.03. The van der Waals surface area contributed by atoms with Gasteiger partial charge in [0.1, 0.15) is 0 Å². The highest BCUT2D eigenvalue weighted by Crippen LogP contribution is 2.29. The number of halogens is 3. The van der Waals surface area contributed by atoms with Gasteiger partial charge in [-0.2, -0.15) is 18.2 Å². The molecule has 0 radical (unpaired) electrons. The van der Waals surface area contributed by atoms with Crippen LogP contribution in [0.25, 0.3) is 11.4 Å². The largest absolute Gasteiger partial charge is 0.471 e. The molecule has 0 aliphatic carbocycles. The minimum absolute atomic E-state index is 0.154. The van der Waals surface area contributed by atoms with Gasteiger partial charge < -0.3 is 23.8 Å². The van der Waals surface area contributed by atoms with E-state index in [0.717, 1.165) is 5.56 Å². The van der Waals surface area contributed by atoms with Crippen molar-refractivity contribution in [1.29, 1.82) is 0 Å². The van der Waals surface area contributed by atoms with E-state index in [4.69, 9.17) is 9.47 Å². The van der Waals surface area contributed by atoms with Crippen LogP contribution in [0, 0.1) is 0 Å². The summed E-state index contributed by atoms with van der Waals surface area (Å²) in [6, 6.07) is 6.35. The Bertz CT molecular complexity index is 772. The van der Waals surface area contributed by atoms with Gasteiger partial charge in [0, 0.05) is 46.5 Å². The number of benzene rings is 1.